The van der Waals surface area contributed by atoms with E-state index in [0.717, 1.165) is 16.8 Å². The molecule has 0 radical (unpaired) electrons. The molecule has 1 heterocycles. The molecule has 0 fully saturated rings. The van der Waals surface area contributed by atoms with E-state index in [4.69, 9.17) is 21.7 Å². The zero-order chi connectivity index (χ0) is 19.9. The summed E-state index contributed by atoms with van der Waals surface area (Å²) in [6.45, 7) is 0. The Balaban J connectivity index is 1.61. The van der Waals surface area contributed by atoms with Crippen molar-refractivity contribution in [2.45, 2.75) is 6.42 Å². The fourth-order valence-electron chi connectivity index (χ4n) is 2.54. The monoisotopic (exact) mass is 413 g/mol. The van der Waals surface area contributed by atoms with Crippen LogP contribution < -0.4 is 20.1 Å². The number of ether oxygens (including phenoxy) is 2. The molecule has 2 N–H and O–H groups in total. The molecule has 3 aromatic rings. The zero-order valence-electron chi connectivity index (χ0n) is 15.4. The van der Waals surface area contributed by atoms with Crippen molar-refractivity contribution in [3.63, 3.8) is 0 Å². The van der Waals surface area contributed by atoms with Gasteiger partial charge in [-0.3, -0.25) is 4.79 Å². The Bertz CT molecular complexity index is 974. The summed E-state index contributed by atoms with van der Waals surface area (Å²) in [5.41, 5.74) is 2.58. The summed E-state index contributed by atoms with van der Waals surface area (Å²) >= 11 is 6.61. The Morgan fingerprint density at radius 3 is 2.57 bits per heavy atom. The molecule has 0 atom stereocenters. The molecule has 28 heavy (non-hydrogen) atoms. The zero-order valence-corrected chi connectivity index (χ0v) is 17.0. The fraction of sp³-hybridized carbons (Fsp3) is 0.150. The Morgan fingerprint density at radius 2 is 1.86 bits per heavy atom. The van der Waals surface area contributed by atoms with Crippen LogP contribution in [0.1, 0.15) is 5.56 Å². The van der Waals surface area contributed by atoms with Gasteiger partial charge in [0.05, 0.1) is 26.3 Å². The van der Waals surface area contributed by atoms with Gasteiger partial charge in [0, 0.05) is 10.9 Å². The average Bonchev–Trinajstić information content (AvgIpc) is 3.16. The van der Waals surface area contributed by atoms with Gasteiger partial charge < -0.3 is 20.1 Å². The number of anilines is 1. The van der Waals surface area contributed by atoms with Gasteiger partial charge in [-0.25, -0.2) is 4.98 Å². The number of thiocarbonyl (C=S) groups is 1. The highest BCUT2D eigenvalue weighted by Crippen LogP contribution is 2.33. The predicted molar refractivity (Wildman–Crippen MR) is 115 cm³/mol. The molecule has 2 aromatic carbocycles. The number of nitrogens with zero attached hydrogens (tertiary/aromatic N) is 1. The number of methoxy groups -OCH3 is 2. The number of aromatic nitrogens is 1. The van der Waals surface area contributed by atoms with E-state index in [0.29, 0.717) is 16.6 Å². The third-order valence-electron chi connectivity index (χ3n) is 3.86. The Hall–Kier alpha value is -2.97. The summed E-state index contributed by atoms with van der Waals surface area (Å²) in [6.07, 6.45) is 0.261. The van der Waals surface area contributed by atoms with Crippen molar-refractivity contribution < 1.29 is 14.3 Å². The van der Waals surface area contributed by atoms with Crippen molar-refractivity contribution in [1.82, 2.24) is 10.3 Å². The first-order chi connectivity index (χ1) is 13.6. The number of carbonyl (C=O) groups excluding carboxylic acids is 1. The van der Waals surface area contributed by atoms with Crippen LogP contribution in [0.25, 0.3) is 11.3 Å². The lowest BCUT2D eigenvalue weighted by Gasteiger charge is -2.08. The van der Waals surface area contributed by atoms with Crippen LogP contribution >= 0.6 is 23.6 Å². The largest absolute Gasteiger partial charge is 0.493 e. The van der Waals surface area contributed by atoms with Gasteiger partial charge in [0.15, 0.2) is 21.7 Å². The highest BCUT2D eigenvalue weighted by Gasteiger charge is 2.11. The van der Waals surface area contributed by atoms with Crippen molar-refractivity contribution in [3.8, 4) is 22.8 Å². The minimum Gasteiger partial charge on any atom is -0.493 e. The first-order valence-electron chi connectivity index (χ1n) is 8.41. The van der Waals surface area contributed by atoms with Crippen LogP contribution in [0, 0.1) is 0 Å². The molecule has 0 aliphatic carbocycles. The summed E-state index contributed by atoms with van der Waals surface area (Å²) in [4.78, 5) is 16.6. The second-order valence-corrected chi connectivity index (χ2v) is 7.04. The maximum Gasteiger partial charge on any atom is 0.230 e. The summed E-state index contributed by atoms with van der Waals surface area (Å²) < 4.78 is 10.6. The molecule has 0 saturated heterocycles. The number of rotatable bonds is 6. The van der Waals surface area contributed by atoms with Crippen LogP contribution in [0.4, 0.5) is 5.13 Å². The molecule has 1 amide bonds. The maximum atomic E-state index is 12.1. The quantitative estimate of drug-likeness (QED) is 0.598. The molecule has 3 rings (SSSR count). The maximum absolute atomic E-state index is 12.1. The Morgan fingerprint density at radius 1 is 1.11 bits per heavy atom. The van der Waals surface area contributed by atoms with Crippen molar-refractivity contribution in [2.75, 3.05) is 19.5 Å². The van der Waals surface area contributed by atoms with E-state index in [1.54, 1.807) is 14.2 Å². The predicted octanol–water partition coefficient (Wildman–Crippen LogP) is 3.88. The lowest BCUT2D eigenvalue weighted by molar-refractivity contribution is -0.119. The molecule has 8 heteroatoms. The number of carbonyl (C=O) groups is 1. The fourth-order valence-corrected chi connectivity index (χ4v) is 3.54. The van der Waals surface area contributed by atoms with Crippen LogP contribution in [0.5, 0.6) is 11.5 Å². The van der Waals surface area contributed by atoms with Crippen LogP contribution in [-0.4, -0.2) is 30.2 Å². The van der Waals surface area contributed by atoms with Crippen molar-refractivity contribution in [3.05, 3.63) is 59.5 Å². The van der Waals surface area contributed by atoms with E-state index in [1.165, 1.54) is 11.3 Å². The second-order valence-electron chi connectivity index (χ2n) is 5.77. The molecular formula is C20H19N3O3S2. The van der Waals surface area contributed by atoms with Gasteiger partial charge >= 0.3 is 0 Å². The van der Waals surface area contributed by atoms with E-state index in [2.05, 4.69) is 15.6 Å². The van der Waals surface area contributed by atoms with Gasteiger partial charge in [-0.15, -0.1) is 11.3 Å². The first-order valence-corrected chi connectivity index (χ1v) is 9.70. The van der Waals surface area contributed by atoms with Gasteiger partial charge in [-0.1, -0.05) is 30.3 Å². The molecule has 0 spiro atoms. The molecule has 0 aliphatic heterocycles. The van der Waals surface area contributed by atoms with Gasteiger partial charge in [-0.05, 0) is 36.0 Å². The molecule has 0 unspecified atom stereocenters. The molecule has 1 aromatic heterocycles. The summed E-state index contributed by atoms with van der Waals surface area (Å²) in [5, 5.41) is 8.33. The lowest BCUT2D eigenvalue weighted by Crippen LogP contribution is -2.35. The van der Waals surface area contributed by atoms with Crippen molar-refractivity contribution in [1.29, 1.82) is 0 Å². The average molecular weight is 414 g/mol. The SMILES string of the molecule is COc1ccc(-c2csc(NC(=S)NC(=O)Cc3ccccc3)n2)cc1OC. The molecular weight excluding hydrogens is 394 g/mol. The van der Waals surface area contributed by atoms with Gasteiger partial charge in [0.1, 0.15) is 0 Å². The third-order valence-corrected chi connectivity index (χ3v) is 4.83. The van der Waals surface area contributed by atoms with E-state index in [-0.39, 0.29) is 17.4 Å². The number of amides is 1. The first kappa shape index (κ1) is 19.8. The number of hydrogen-bond acceptors (Lipinski definition) is 6. The summed E-state index contributed by atoms with van der Waals surface area (Å²) in [5.74, 6) is 1.11. The normalized spacial score (nSPS) is 10.2. The number of benzene rings is 2. The van der Waals surface area contributed by atoms with Crippen LogP contribution in [-0.2, 0) is 11.2 Å². The highest BCUT2D eigenvalue weighted by molar-refractivity contribution is 7.80. The van der Waals surface area contributed by atoms with Crippen molar-refractivity contribution >= 4 is 39.7 Å². The standard InChI is InChI=1S/C20H19N3O3S2/c1-25-16-9-8-14(11-17(16)26-2)15-12-28-20(21-15)23-19(27)22-18(24)10-13-6-4-3-5-7-13/h3-9,11-12H,10H2,1-2H3,(H2,21,22,23,24,27). The highest BCUT2D eigenvalue weighted by atomic mass is 32.1. The smallest absolute Gasteiger partial charge is 0.230 e. The van der Waals surface area contributed by atoms with E-state index >= 15 is 0 Å². The minimum absolute atomic E-state index is 0.180. The van der Waals surface area contributed by atoms with Gasteiger partial charge in [0.25, 0.3) is 0 Å². The van der Waals surface area contributed by atoms with Crippen molar-refractivity contribution in [2.24, 2.45) is 0 Å². The van der Waals surface area contributed by atoms with Crippen LogP contribution in [0.3, 0.4) is 0 Å². The minimum atomic E-state index is -0.180. The van der Waals surface area contributed by atoms with E-state index in [9.17, 15) is 4.79 Å². The summed E-state index contributed by atoms with van der Waals surface area (Å²) in [7, 11) is 3.18. The molecule has 0 bridgehead atoms. The Labute approximate surface area is 172 Å². The molecule has 144 valence electrons. The van der Waals surface area contributed by atoms with Gasteiger partial charge in [0.2, 0.25) is 5.91 Å². The van der Waals surface area contributed by atoms with Crippen LogP contribution in [0.2, 0.25) is 0 Å². The molecule has 0 saturated carbocycles. The topological polar surface area (TPSA) is 72.5 Å². The van der Waals surface area contributed by atoms with Crippen LogP contribution in [0.15, 0.2) is 53.9 Å². The number of hydrogen-bond donors (Lipinski definition) is 2. The molecule has 6 nitrogen and oxygen atoms in total. The second kappa shape index (κ2) is 9.29. The number of nitrogens with one attached hydrogen (secondary N) is 2. The third kappa shape index (κ3) is 5.05. The summed E-state index contributed by atoms with van der Waals surface area (Å²) in [6, 6.07) is 15.1. The molecule has 0 aliphatic rings. The Kier molecular flexibility index (Phi) is 6.57. The van der Waals surface area contributed by atoms with E-state index < -0.39 is 0 Å². The number of thiazole rings is 1. The van der Waals surface area contributed by atoms with E-state index in [1.807, 2.05) is 53.9 Å². The van der Waals surface area contributed by atoms with Gasteiger partial charge in [-0.2, -0.15) is 0 Å². The lowest BCUT2D eigenvalue weighted by atomic mass is 10.1.